The molecule has 1 N–H and O–H groups in total. The molecule has 6 nitrogen and oxygen atoms in total. The van der Waals surface area contributed by atoms with E-state index in [2.05, 4.69) is 25.1 Å². The predicted molar refractivity (Wildman–Crippen MR) is 84.3 cm³/mol. The Bertz CT molecular complexity index is 974. The first-order valence-corrected chi connectivity index (χ1v) is 7.14. The van der Waals surface area contributed by atoms with Crippen molar-refractivity contribution in [1.82, 2.24) is 29.7 Å². The molecule has 0 radical (unpaired) electrons. The molecule has 0 saturated heterocycles. The molecule has 0 bridgehead atoms. The van der Waals surface area contributed by atoms with Gasteiger partial charge in [-0.15, -0.1) is 10.2 Å². The minimum absolute atomic E-state index is 0.441. The van der Waals surface area contributed by atoms with Crippen molar-refractivity contribution in [3.63, 3.8) is 0 Å². The van der Waals surface area contributed by atoms with E-state index in [9.17, 15) is 0 Å². The highest BCUT2D eigenvalue weighted by Crippen LogP contribution is 2.32. The van der Waals surface area contributed by atoms with Crippen LogP contribution in [0.2, 0.25) is 10.0 Å². The molecule has 4 aromatic rings. The van der Waals surface area contributed by atoms with Crippen LogP contribution < -0.4 is 0 Å². The molecule has 22 heavy (non-hydrogen) atoms. The van der Waals surface area contributed by atoms with Crippen LogP contribution in [0, 0.1) is 0 Å². The van der Waals surface area contributed by atoms with Gasteiger partial charge in [-0.05, 0) is 12.1 Å². The topological polar surface area (TPSA) is 72.3 Å². The monoisotopic (exact) mass is 330 g/mol. The van der Waals surface area contributed by atoms with E-state index >= 15 is 0 Å². The zero-order chi connectivity index (χ0) is 15.1. The van der Waals surface area contributed by atoms with Crippen molar-refractivity contribution in [2.75, 3.05) is 0 Å². The Morgan fingerprint density at radius 2 is 1.95 bits per heavy atom. The molecular weight excluding hydrogens is 323 g/mol. The van der Waals surface area contributed by atoms with Crippen molar-refractivity contribution in [3.8, 4) is 17.1 Å². The van der Waals surface area contributed by atoms with E-state index in [1.165, 1.54) is 0 Å². The van der Waals surface area contributed by atoms with Crippen LogP contribution in [0.5, 0.6) is 0 Å². The van der Waals surface area contributed by atoms with Crippen LogP contribution in [0.25, 0.3) is 28.2 Å². The maximum absolute atomic E-state index is 6.29. The van der Waals surface area contributed by atoms with Gasteiger partial charge < -0.3 is 4.98 Å². The van der Waals surface area contributed by atoms with Gasteiger partial charge in [0.1, 0.15) is 11.8 Å². The third-order valence-electron chi connectivity index (χ3n) is 3.29. The highest BCUT2D eigenvalue weighted by molar-refractivity contribution is 6.43. The van der Waals surface area contributed by atoms with Gasteiger partial charge in [0, 0.05) is 18.6 Å². The highest BCUT2D eigenvalue weighted by Gasteiger charge is 2.17. The molecule has 1 aromatic carbocycles. The van der Waals surface area contributed by atoms with Crippen molar-refractivity contribution < 1.29 is 0 Å². The van der Waals surface area contributed by atoms with Crippen molar-refractivity contribution in [2.24, 2.45) is 0 Å². The van der Waals surface area contributed by atoms with Crippen LogP contribution in [0.3, 0.4) is 0 Å². The van der Waals surface area contributed by atoms with Gasteiger partial charge in [-0.3, -0.25) is 9.55 Å². The number of halogens is 2. The standard InChI is InChI=1S/C14H8Cl2N6/c15-9-2-1-3-10(11(9)16)22-7-20-21-14(22)8-6-19-13-12(8)17-4-5-18-13/h1-7H,(H,18,19). The lowest BCUT2D eigenvalue weighted by atomic mass is 10.2. The van der Waals surface area contributed by atoms with Crippen molar-refractivity contribution in [2.45, 2.75) is 0 Å². The lowest BCUT2D eigenvalue weighted by molar-refractivity contribution is 1.06. The Balaban J connectivity index is 1.96. The molecule has 0 unspecified atom stereocenters. The Morgan fingerprint density at radius 3 is 2.86 bits per heavy atom. The number of hydrogen-bond donors (Lipinski definition) is 1. The molecule has 0 spiro atoms. The zero-order valence-corrected chi connectivity index (χ0v) is 12.5. The van der Waals surface area contributed by atoms with Gasteiger partial charge in [0.05, 0.1) is 21.3 Å². The van der Waals surface area contributed by atoms with Crippen LogP contribution >= 0.6 is 23.2 Å². The summed E-state index contributed by atoms with van der Waals surface area (Å²) >= 11 is 12.4. The molecule has 0 saturated carbocycles. The molecule has 108 valence electrons. The molecule has 0 aliphatic carbocycles. The van der Waals surface area contributed by atoms with Gasteiger partial charge in [-0.1, -0.05) is 29.3 Å². The summed E-state index contributed by atoms with van der Waals surface area (Å²) in [5.74, 6) is 0.607. The Morgan fingerprint density at radius 1 is 1.09 bits per heavy atom. The molecule has 0 aliphatic rings. The Hall–Kier alpha value is -2.44. The quantitative estimate of drug-likeness (QED) is 0.610. The molecule has 0 aliphatic heterocycles. The van der Waals surface area contributed by atoms with Crippen LogP contribution in [0.15, 0.2) is 43.1 Å². The minimum atomic E-state index is 0.441. The Labute approximate surface area is 134 Å². The fraction of sp³-hybridized carbons (Fsp3) is 0. The van der Waals surface area contributed by atoms with E-state index in [1.807, 2.05) is 12.1 Å². The molecule has 0 amide bonds. The van der Waals surface area contributed by atoms with Gasteiger partial charge in [0.15, 0.2) is 11.5 Å². The molecule has 8 heteroatoms. The maximum atomic E-state index is 6.29. The van der Waals surface area contributed by atoms with Crippen LogP contribution in [0.4, 0.5) is 0 Å². The third kappa shape index (κ3) is 1.96. The lowest BCUT2D eigenvalue weighted by Gasteiger charge is -2.08. The molecule has 3 heterocycles. The molecule has 0 fully saturated rings. The predicted octanol–water partition coefficient (Wildman–Crippen LogP) is 3.51. The number of aromatic amines is 1. The summed E-state index contributed by atoms with van der Waals surface area (Å²) in [6.45, 7) is 0. The fourth-order valence-corrected chi connectivity index (χ4v) is 2.68. The summed E-state index contributed by atoms with van der Waals surface area (Å²) in [5, 5.41) is 9.07. The maximum Gasteiger partial charge on any atom is 0.172 e. The summed E-state index contributed by atoms with van der Waals surface area (Å²) in [6.07, 6.45) is 6.64. The van der Waals surface area contributed by atoms with Crippen LogP contribution in [-0.4, -0.2) is 29.7 Å². The minimum Gasteiger partial charge on any atom is -0.344 e. The average molecular weight is 331 g/mol. The van der Waals surface area contributed by atoms with Crippen molar-refractivity contribution >= 4 is 34.4 Å². The lowest BCUT2D eigenvalue weighted by Crippen LogP contribution is -1.97. The normalized spacial score (nSPS) is 11.2. The van der Waals surface area contributed by atoms with Gasteiger partial charge in [-0.25, -0.2) is 4.98 Å². The van der Waals surface area contributed by atoms with E-state index in [0.29, 0.717) is 27.2 Å². The van der Waals surface area contributed by atoms with Gasteiger partial charge in [-0.2, -0.15) is 0 Å². The largest absolute Gasteiger partial charge is 0.344 e. The molecule has 3 aromatic heterocycles. The smallest absolute Gasteiger partial charge is 0.172 e. The van der Waals surface area contributed by atoms with E-state index in [4.69, 9.17) is 23.2 Å². The number of fused-ring (bicyclic) bond motifs is 1. The second-order valence-corrected chi connectivity index (χ2v) is 5.34. The summed E-state index contributed by atoms with van der Waals surface area (Å²) in [7, 11) is 0. The number of H-pyrrole nitrogens is 1. The highest BCUT2D eigenvalue weighted by atomic mass is 35.5. The van der Waals surface area contributed by atoms with Crippen LogP contribution in [-0.2, 0) is 0 Å². The number of benzene rings is 1. The second kappa shape index (κ2) is 5.08. The summed E-state index contributed by atoms with van der Waals surface area (Å²) in [5.41, 5.74) is 2.89. The number of aromatic nitrogens is 6. The first kappa shape index (κ1) is 13.2. The first-order valence-electron chi connectivity index (χ1n) is 6.38. The van der Waals surface area contributed by atoms with E-state index in [-0.39, 0.29) is 0 Å². The van der Waals surface area contributed by atoms with Gasteiger partial charge in [0.2, 0.25) is 0 Å². The van der Waals surface area contributed by atoms with Gasteiger partial charge >= 0.3 is 0 Å². The zero-order valence-electron chi connectivity index (χ0n) is 11.0. The third-order valence-corrected chi connectivity index (χ3v) is 4.09. The molecule has 4 rings (SSSR count). The number of nitrogens with zero attached hydrogens (tertiary/aromatic N) is 5. The molecular formula is C14H8Cl2N6. The second-order valence-electron chi connectivity index (χ2n) is 4.55. The van der Waals surface area contributed by atoms with Crippen molar-refractivity contribution in [3.05, 3.63) is 53.2 Å². The van der Waals surface area contributed by atoms with E-state index < -0.39 is 0 Å². The average Bonchev–Trinajstić information content (AvgIpc) is 3.16. The SMILES string of the molecule is Clc1cccc(-n2cnnc2-c2c[nH]c3nccnc23)c1Cl. The van der Waals surface area contributed by atoms with Gasteiger partial charge in [0.25, 0.3) is 0 Å². The Kier molecular flexibility index (Phi) is 3.06. The number of nitrogens with one attached hydrogen (secondary N) is 1. The summed E-state index contributed by atoms with van der Waals surface area (Å²) in [6, 6.07) is 5.40. The first-order chi connectivity index (χ1) is 10.8. The fourth-order valence-electron chi connectivity index (χ4n) is 2.29. The van der Waals surface area contributed by atoms with Crippen molar-refractivity contribution in [1.29, 1.82) is 0 Å². The summed E-state index contributed by atoms with van der Waals surface area (Å²) in [4.78, 5) is 11.6. The number of hydrogen-bond acceptors (Lipinski definition) is 4. The molecule has 0 atom stereocenters. The summed E-state index contributed by atoms with van der Waals surface area (Å²) < 4.78 is 1.77. The van der Waals surface area contributed by atoms with E-state index in [0.717, 1.165) is 11.1 Å². The number of rotatable bonds is 2. The van der Waals surface area contributed by atoms with E-state index in [1.54, 1.807) is 35.6 Å². The van der Waals surface area contributed by atoms with Crippen LogP contribution in [0.1, 0.15) is 0 Å².